The summed E-state index contributed by atoms with van der Waals surface area (Å²) in [6, 6.07) is 11.2. The van der Waals surface area contributed by atoms with Gasteiger partial charge in [0.15, 0.2) is 12.8 Å². The summed E-state index contributed by atoms with van der Waals surface area (Å²) < 4.78 is 5.60. The van der Waals surface area contributed by atoms with Crippen molar-refractivity contribution in [3.63, 3.8) is 0 Å². The standard InChI is InChI=1S/C25H27Cl3N4O4/c26-16-2-8-19(9-3-16)36-14-22(33)31-11-12-32(25(35)15-1-10-20(27)21(28)13-15)24(31)23(34)30-18-6-4-17(29)5-7-18/h1-3,8-10,13,17-18,24H,4-7,11-12,14,29H2,(H,30,34). The number of carbonyl (C=O) groups excluding carboxylic acids is 3. The molecule has 2 aromatic carbocycles. The summed E-state index contributed by atoms with van der Waals surface area (Å²) in [5.74, 6) is -0.787. The molecule has 4 rings (SSSR count). The van der Waals surface area contributed by atoms with Crippen molar-refractivity contribution in [1.82, 2.24) is 15.1 Å². The van der Waals surface area contributed by atoms with E-state index in [0.29, 0.717) is 15.8 Å². The van der Waals surface area contributed by atoms with Gasteiger partial charge in [0.25, 0.3) is 17.7 Å². The van der Waals surface area contributed by atoms with Gasteiger partial charge in [0.05, 0.1) is 10.0 Å². The van der Waals surface area contributed by atoms with Gasteiger partial charge in [-0.25, -0.2) is 0 Å². The van der Waals surface area contributed by atoms with E-state index < -0.39 is 23.9 Å². The van der Waals surface area contributed by atoms with Gasteiger partial charge in [-0.3, -0.25) is 14.4 Å². The van der Waals surface area contributed by atoms with Crippen molar-refractivity contribution < 1.29 is 19.1 Å². The summed E-state index contributed by atoms with van der Waals surface area (Å²) in [4.78, 5) is 42.7. The maximum atomic E-state index is 13.5. The molecule has 8 nitrogen and oxygen atoms in total. The highest BCUT2D eigenvalue weighted by Crippen LogP contribution is 2.26. The summed E-state index contributed by atoms with van der Waals surface area (Å²) in [5, 5.41) is 4.11. The first-order valence-corrected chi connectivity index (χ1v) is 12.9. The van der Waals surface area contributed by atoms with Crippen molar-refractivity contribution in [1.29, 1.82) is 0 Å². The number of amides is 3. The molecule has 3 amide bonds. The van der Waals surface area contributed by atoms with Gasteiger partial charge >= 0.3 is 0 Å². The second-order valence-electron chi connectivity index (χ2n) is 8.95. The summed E-state index contributed by atoms with van der Waals surface area (Å²) in [5.41, 5.74) is 6.27. The van der Waals surface area contributed by atoms with Crippen LogP contribution >= 0.6 is 34.8 Å². The van der Waals surface area contributed by atoms with Crippen molar-refractivity contribution in [3.05, 3.63) is 63.1 Å². The quantitative estimate of drug-likeness (QED) is 0.567. The molecule has 1 saturated heterocycles. The Hall–Kier alpha value is -2.52. The van der Waals surface area contributed by atoms with Gasteiger partial charge in [0, 0.05) is 35.8 Å². The summed E-state index contributed by atoms with van der Waals surface area (Å²) in [6.07, 6.45) is 1.98. The molecule has 1 atom stereocenters. The third kappa shape index (κ3) is 6.24. The summed E-state index contributed by atoms with van der Waals surface area (Å²) >= 11 is 18.0. The van der Waals surface area contributed by atoms with Crippen LogP contribution in [0.15, 0.2) is 42.5 Å². The van der Waals surface area contributed by atoms with Gasteiger partial charge in [-0.2, -0.15) is 0 Å². The maximum absolute atomic E-state index is 13.5. The Labute approximate surface area is 224 Å². The molecular formula is C25H27Cl3N4O4. The van der Waals surface area contributed by atoms with Crippen molar-refractivity contribution in [2.24, 2.45) is 5.73 Å². The van der Waals surface area contributed by atoms with Gasteiger partial charge in [0.1, 0.15) is 5.75 Å². The maximum Gasteiger partial charge on any atom is 0.264 e. The molecule has 1 saturated carbocycles. The Morgan fingerprint density at radius 2 is 1.58 bits per heavy atom. The summed E-state index contributed by atoms with van der Waals surface area (Å²) in [7, 11) is 0. The van der Waals surface area contributed by atoms with Crippen LogP contribution in [0.1, 0.15) is 36.0 Å². The van der Waals surface area contributed by atoms with Gasteiger partial charge in [0.2, 0.25) is 0 Å². The molecule has 0 aromatic heterocycles. The molecule has 36 heavy (non-hydrogen) atoms. The first kappa shape index (κ1) is 26.5. The number of ether oxygens (including phenoxy) is 1. The Bertz CT molecular complexity index is 1120. The molecule has 2 aliphatic rings. The van der Waals surface area contributed by atoms with Gasteiger partial charge in [-0.05, 0) is 68.1 Å². The predicted octanol–water partition coefficient (Wildman–Crippen LogP) is 3.72. The fourth-order valence-corrected chi connectivity index (χ4v) is 4.90. The molecule has 1 aliphatic carbocycles. The number of carbonyl (C=O) groups is 3. The Morgan fingerprint density at radius 3 is 2.25 bits per heavy atom. The number of halogens is 3. The van der Waals surface area contributed by atoms with Crippen LogP contribution in [0.5, 0.6) is 5.75 Å². The molecule has 2 aromatic rings. The Morgan fingerprint density at radius 1 is 0.917 bits per heavy atom. The summed E-state index contributed by atoms with van der Waals surface area (Å²) in [6.45, 7) is 0.0708. The molecule has 0 bridgehead atoms. The minimum Gasteiger partial charge on any atom is -0.484 e. The number of rotatable bonds is 6. The highest BCUT2D eigenvalue weighted by Gasteiger charge is 2.43. The Balaban J connectivity index is 1.52. The first-order valence-electron chi connectivity index (χ1n) is 11.7. The third-order valence-electron chi connectivity index (χ3n) is 6.45. The minimum absolute atomic E-state index is 0.0675. The van der Waals surface area contributed by atoms with Crippen LogP contribution in [-0.2, 0) is 9.59 Å². The molecule has 1 aliphatic heterocycles. The van der Waals surface area contributed by atoms with E-state index in [1.165, 1.54) is 21.9 Å². The van der Waals surface area contributed by atoms with Crippen molar-refractivity contribution in [2.75, 3.05) is 19.7 Å². The largest absolute Gasteiger partial charge is 0.484 e. The van der Waals surface area contributed by atoms with E-state index in [-0.39, 0.29) is 42.4 Å². The van der Waals surface area contributed by atoms with E-state index in [1.807, 2.05) is 0 Å². The Kier molecular flexibility index (Phi) is 8.62. The minimum atomic E-state index is -1.12. The zero-order valence-corrected chi connectivity index (χ0v) is 21.7. The smallest absolute Gasteiger partial charge is 0.264 e. The topological polar surface area (TPSA) is 105 Å². The second-order valence-corrected chi connectivity index (χ2v) is 10.2. The number of nitrogens with zero attached hydrogens (tertiary/aromatic N) is 2. The molecule has 1 heterocycles. The molecular weight excluding hydrogens is 527 g/mol. The van der Waals surface area contributed by atoms with E-state index in [2.05, 4.69) is 5.32 Å². The van der Waals surface area contributed by atoms with Crippen LogP contribution in [0, 0.1) is 0 Å². The zero-order valence-electron chi connectivity index (χ0n) is 19.5. The lowest BCUT2D eigenvalue weighted by atomic mass is 9.92. The third-order valence-corrected chi connectivity index (χ3v) is 7.44. The monoisotopic (exact) mass is 552 g/mol. The fraction of sp³-hybridized carbons (Fsp3) is 0.400. The highest BCUT2D eigenvalue weighted by atomic mass is 35.5. The second kappa shape index (κ2) is 11.7. The van der Waals surface area contributed by atoms with E-state index in [9.17, 15) is 14.4 Å². The van der Waals surface area contributed by atoms with Crippen LogP contribution in [0.4, 0.5) is 0 Å². The molecule has 2 fully saturated rings. The average molecular weight is 554 g/mol. The lowest BCUT2D eigenvalue weighted by Gasteiger charge is -2.32. The van der Waals surface area contributed by atoms with Crippen LogP contribution < -0.4 is 15.8 Å². The molecule has 192 valence electrons. The van der Waals surface area contributed by atoms with Crippen molar-refractivity contribution in [3.8, 4) is 5.75 Å². The van der Waals surface area contributed by atoms with Gasteiger partial charge in [-0.15, -0.1) is 0 Å². The normalized spacial score (nSPS) is 21.8. The number of hydrogen-bond donors (Lipinski definition) is 2. The van der Waals surface area contributed by atoms with Crippen LogP contribution in [0.3, 0.4) is 0 Å². The molecule has 11 heteroatoms. The number of nitrogens with two attached hydrogens (primary N) is 1. The molecule has 0 radical (unpaired) electrons. The van der Waals surface area contributed by atoms with Crippen LogP contribution in [0.25, 0.3) is 0 Å². The van der Waals surface area contributed by atoms with E-state index >= 15 is 0 Å². The van der Waals surface area contributed by atoms with Crippen LogP contribution in [-0.4, -0.2) is 65.5 Å². The highest BCUT2D eigenvalue weighted by molar-refractivity contribution is 6.42. The fourth-order valence-electron chi connectivity index (χ4n) is 4.48. The molecule has 3 N–H and O–H groups in total. The zero-order chi connectivity index (χ0) is 25.8. The first-order chi connectivity index (χ1) is 17.2. The predicted molar refractivity (Wildman–Crippen MR) is 138 cm³/mol. The molecule has 1 unspecified atom stereocenters. The molecule has 0 spiro atoms. The number of benzene rings is 2. The average Bonchev–Trinajstić information content (AvgIpc) is 3.31. The van der Waals surface area contributed by atoms with Crippen molar-refractivity contribution >= 4 is 52.5 Å². The van der Waals surface area contributed by atoms with Crippen molar-refractivity contribution in [2.45, 2.75) is 43.9 Å². The number of hydrogen-bond acceptors (Lipinski definition) is 5. The number of nitrogens with one attached hydrogen (secondary N) is 1. The SMILES string of the molecule is NC1CCC(NC(=O)C2N(C(=O)COc3ccc(Cl)cc3)CCN2C(=O)c2ccc(Cl)c(Cl)c2)CC1. The lowest BCUT2D eigenvalue weighted by molar-refractivity contribution is -0.143. The van der Waals surface area contributed by atoms with Crippen LogP contribution in [0.2, 0.25) is 15.1 Å². The lowest BCUT2D eigenvalue weighted by Crippen LogP contribution is -2.56. The van der Waals surface area contributed by atoms with Gasteiger partial charge < -0.3 is 25.6 Å². The van der Waals surface area contributed by atoms with E-state index in [0.717, 1.165) is 25.7 Å². The van der Waals surface area contributed by atoms with E-state index in [1.54, 1.807) is 30.3 Å². The van der Waals surface area contributed by atoms with Gasteiger partial charge in [-0.1, -0.05) is 34.8 Å². The van der Waals surface area contributed by atoms with E-state index in [4.69, 9.17) is 45.3 Å².